The van der Waals surface area contributed by atoms with E-state index in [0.29, 0.717) is 29.2 Å². The molecule has 1 amide bonds. The Labute approximate surface area is 138 Å². The number of benzene rings is 2. The fraction of sp³-hybridized carbons (Fsp3) is 0.188. The minimum Gasteiger partial charge on any atom is -0.384 e. The lowest BCUT2D eigenvalue weighted by atomic mass is 10.1. The van der Waals surface area contributed by atoms with Crippen molar-refractivity contribution in [2.75, 3.05) is 18.9 Å². The molecule has 7 heteroatoms. The Kier molecular flexibility index (Phi) is 5.54. The number of nitro benzene ring substituents is 1. The van der Waals surface area contributed by atoms with Crippen molar-refractivity contribution in [1.29, 1.82) is 0 Å². The van der Waals surface area contributed by atoms with Crippen molar-refractivity contribution in [3.8, 4) is 0 Å². The standard InChI is InChI=1S/C16H16ClN3O3/c1-18-16(21)12-4-2-3-11(9-12)7-8-19-15-6-5-13(20(22)23)10-14(15)17/h2-6,9-10,19H,7-8H2,1H3,(H,18,21). The fourth-order valence-electron chi connectivity index (χ4n) is 2.11. The van der Waals surface area contributed by atoms with Crippen LogP contribution in [0.1, 0.15) is 15.9 Å². The van der Waals surface area contributed by atoms with Gasteiger partial charge in [-0.1, -0.05) is 23.7 Å². The number of carbonyl (C=O) groups is 1. The Morgan fingerprint density at radius 1 is 1.26 bits per heavy atom. The van der Waals surface area contributed by atoms with E-state index in [-0.39, 0.29) is 11.6 Å². The van der Waals surface area contributed by atoms with E-state index in [0.717, 1.165) is 5.56 Å². The first-order valence-corrected chi connectivity index (χ1v) is 7.38. The number of halogens is 1. The summed E-state index contributed by atoms with van der Waals surface area (Å²) in [6.07, 6.45) is 0.693. The zero-order valence-corrected chi connectivity index (χ0v) is 13.3. The fourth-order valence-corrected chi connectivity index (χ4v) is 2.36. The highest BCUT2D eigenvalue weighted by Gasteiger charge is 2.09. The molecule has 0 saturated carbocycles. The Balaban J connectivity index is 1.97. The molecule has 0 aliphatic heterocycles. The average Bonchev–Trinajstić information content (AvgIpc) is 2.55. The van der Waals surface area contributed by atoms with E-state index in [1.165, 1.54) is 12.1 Å². The van der Waals surface area contributed by atoms with Gasteiger partial charge in [-0.25, -0.2) is 0 Å². The number of carbonyl (C=O) groups excluding carboxylic acids is 1. The van der Waals surface area contributed by atoms with Gasteiger partial charge in [-0.2, -0.15) is 0 Å². The summed E-state index contributed by atoms with van der Waals surface area (Å²) < 4.78 is 0. The molecule has 0 fully saturated rings. The van der Waals surface area contributed by atoms with Gasteiger partial charge in [0.1, 0.15) is 0 Å². The maximum atomic E-state index is 11.6. The quantitative estimate of drug-likeness (QED) is 0.627. The van der Waals surface area contributed by atoms with Crippen molar-refractivity contribution in [2.24, 2.45) is 0 Å². The van der Waals surface area contributed by atoms with E-state index in [1.807, 2.05) is 18.2 Å². The van der Waals surface area contributed by atoms with Crippen LogP contribution in [0.15, 0.2) is 42.5 Å². The first-order valence-electron chi connectivity index (χ1n) is 7.00. The third-order valence-corrected chi connectivity index (χ3v) is 3.62. The molecule has 0 unspecified atom stereocenters. The number of nitrogens with zero attached hydrogens (tertiary/aromatic N) is 1. The van der Waals surface area contributed by atoms with E-state index >= 15 is 0 Å². The van der Waals surface area contributed by atoms with Crippen molar-refractivity contribution in [1.82, 2.24) is 5.32 Å². The summed E-state index contributed by atoms with van der Waals surface area (Å²) in [5, 5.41) is 16.7. The van der Waals surface area contributed by atoms with Gasteiger partial charge >= 0.3 is 0 Å². The van der Waals surface area contributed by atoms with Crippen molar-refractivity contribution in [3.63, 3.8) is 0 Å². The third-order valence-electron chi connectivity index (χ3n) is 3.31. The summed E-state index contributed by atoms with van der Waals surface area (Å²) in [6, 6.07) is 11.7. The van der Waals surface area contributed by atoms with Crippen LogP contribution in [0.3, 0.4) is 0 Å². The summed E-state index contributed by atoms with van der Waals surface area (Å²) in [7, 11) is 1.59. The van der Waals surface area contributed by atoms with Crippen LogP contribution < -0.4 is 10.6 Å². The van der Waals surface area contributed by atoms with Crippen molar-refractivity contribution < 1.29 is 9.72 Å². The molecule has 0 aromatic heterocycles. The zero-order chi connectivity index (χ0) is 16.8. The van der Waals surface area contributed by atoms with Crippen LogP contribution in [0.5, 0.6) is 0 Å². The lowest BCUT2D eigenvalue weighted by Gasteiger charge is -2.09. The second kappa shape index (κ2) is 7.60. The highest BCUT2D eigenvalue weighted by atomic mass is 35.5. The number of nitro groups is 1. The molecular formula is C16H16ClN3O3. The third kappa shape index (κ3) is 4.43. The topological polar surface area (TPSA) is 84.3 Å². The van der Waals surface area contributed by atoms with Gasteiger partial charge in [-0.15, -0.1) is 0 Å². The van der Waals surface area contributed by atoms with E-state index in [9.17, 15) is 14.9 Å². The maximum Gasteiger partial charge on any atom is 0.271 e. The average molecular weight is 334 g/mol. The number of non-ortho nitro benzene ring substituents is 1. The summed E-state index contributed by atoms with van der Waals surface area (Å²) in [6.45, 7) is 0.592. The van der Waals surface area contributed by atoms with Gasteiger partial charge in [0.25, 0.3) is 11.6 Å². The van der Waals surface area contributed by atoms with Crippen LogP contribution in [-0.4, -0.2) is 24.4 Å². The van der Waals surface area contributed by atoms with Crippen molar-refractivity contribution in [3.05, 3.63) is 68.7 Å². The minimum absolute atomic E-state index is 0.0428. The normalized spacial score (nSPS) is 10.2. The Hall–Kier alpha value is -2.60. The summed E-state index contributed by atoms with van der Waals surface area (Å²) in [5.74, 6) is -0.127. The number of hydrogen-bond donors (Lipinski definition) is 2. The molecule has 6 nitrogen and oxygen atoms in total. The highest BCUT2D eigenvalue weighted by Crippen LogP contribution is 2.26. The number of nitrogens with one attached hydrogen (secondary N) is 2. The molecule has 120 valence electrons. The Bertz CT molecular complexity index is 734. The van der Waals surface area contributed by atoms with Crippen LogP contribution in [-0.2, 0) is 6.42 Å². The lowest BCUT2D eigenvalue weighted by Crippen LogP contribution is -2.18. The molecule has 0 spiro atoms. The van der Waals surface area contributed by atoms with Gasteiger partial charge < -0.3 is 10.6 Å². The number of hydrogen-bond acceptors (Lipinski definition) is 4. The maximum absolute atomic E-state index is 11.6. The largest absolute Gasteiger partial charge is 0.384 e. The molecule has 0 heterocycles. The molecule has 0 bridgehead atoms. The van der Waals surface area contributed by atoms with Gasteiger partial charge in [0.15, 0.2) is 0 Å². The Morgan fingerprint density at radius 3 is 2.70 bits per heavy atom. The van der Waals surface area contributed by atoms with Crippen LogP contribution in [0.2, 0.25) is 5.02 Å². The molecule has 2 aromatic rings. The SMILES string of the molecule is CNC(=O)c1cccc(CCNc2ccc([N+](=O)[O-])cc2Cl)c1. The summed E-state index contributed by atoms with van der Waals surface area (Å²) in [5.41, 5.74) is 2.22. The highest BCUT2D eigenvalue weighted by molar-refractivity contribution is 6.33. The second-order valence-electron chi connectivity index (χ2n) is 4.88. The monoisotopic (exact) mass is 333 g/mol. The van der Waals surface area contributed by atoms with Gasteiger partial charge in [0.2, 0.25) is 0 Å². The Morgan fingerprint density at radius 2 is 2.04 bits per heavy atom. The van der Waals surface area contributed by atoms with E-state index in [4.69, 9.17) is 11.6 Å². The molecule has 0 saturated heterocycles. The smallest absolute Gasteiger partial charge is 0.271 e. The number of rotatable bonds is 6. The molecule has 23 heavy (non-hydrogen) atoms. The van der Waals surface area contributed by atoms with E-state index < -0.39 is 4.92 Å². The first kappa shape index (κ1) is 16.8. The molecule has 2 rings (SSSR count). The predicted octanol–water partition coefficient (Wildman–Crippen LogP) is 3.26. The van der Waals surface area contributed by atoms with E-state index in [1.54, 1.807) is 19.2 Å². The van der Waals surface area contributed by atoms with Gasteiger partial charge in [0, 0.05) is 31.3 Å². The summed E-state index contributed by atoms with van der Waals surface area (Å²) >= 11 is 6.02. The number of anilines is 1. The van der Waals surface area contributed by atoms with E-state index in [2.05, 4.69) is 10.6 Å². The second-order valence-corrected chi connectivity index (χ2v) is 5.28. The molecule has 0 aliphatic carbocycles. The first-order chi connectivity index (χ1) is 11.0. The van der Waals surface area contributed by atoms with Crippen molar-refractivity contribution in [2.45, 2.75) is 6.42 Å². The molecule has 2 aromatic carbocycles. The van der Waals surface area contributed by atoms with Crippen LogP contribution in [0, 0.1) is 10.1 Å². The summed E-state index contributed by atoms with van der Waals surface area (Å²) in [4.78, 5) is 21.8. The predicted molar refractivity (Wildman–Crippen MR) is 90.1 cm³/mol. The zero-order valence-electron chi connectivity index (χ0n) is 12.5. The van der Waals surface area contributed by atoms with Crippen LogP contribution in [0.25, 0.3) is 0 Å². The lowest BCUT2D eigenvalue weighted by molar-refractivity contribution is -0.384. The van der Waals surface area contributed by atoms with Gasteiger partial charge in [-0.05, 0) is 30.2 Å². The minimum atomic E-state index is -0.486. The molecule has 0 aliphatic rings. The van der Waals surface area contributed by atoms with Crippen LogP contribution in [0.4, 0.5) is 11.4 Å². The molecular weight excluding hydrogens is 318 g/mol. The van der Waals surface area contributed by atoms with Gasteiger partial charge in [-0.3, -0.25) is 14.9 Å². The molecule has 2 N–H and O–H groups in total. The van der Waals surface area contributed by atoms with Crippen LogP contribution >= 0.6 is 11.6 Å². The van der Waals surface area contributed by atoms with Crippen molar-refractivity contribution >= 4 is 28.9 Å². The molecule has 0 radical (unpaired) electrons. The number of amides is 1. The van der Waals surface area contributed by atoms with Gasteiger partial charge in [0.05, 0.1) is 15.6 Å². The molecule has 0 atom stereocenters.